The second-order valence-corrected chi connectivity index (χ2v) is 24.4. The van der Waals surface area contributed by atoms with Crippen LogP contribution in [0.5, 0.6) is 17.2 Å². The van der Waals surface area contributed by atoms with Gasteiger partial charge in [-0.05, 0) is 128 Å². The van der Waals surface area contributed by atoms with Crippen LogP contribution in [-0.4, -0.2) is 99.7 Å². The van der Waals surface area contributed by atoms with E-state index in [1.165, 1.54) is 0 Å². The van der Waals surface area contributed by atoms with Gasteiger partial charge in [-0.15, -0.1) is 0 Å². The van der Waals surface area contributed by atoms with Crippen molar-refractivity contribution in [2.24, 2.45) is 5.92 Å². The molecular weight excluding hydrogens is 901 g/mol. The van der Waals surface area contributed by atoms with E-state index >= 15 is 4.79 Å². The first kappa shape index (κ1) is 49.0. The Morgan fingerprint density at radius 1 is 0.829 bits per heavy atom. The van der Waals surface area contributed by atoms with Crippen molar-refractivity contribution in [2.75, 3.05) is 50.4 Å². The van der Waals surface area contributed by atoms with E-state index in [0.29, 0.717) is 61.6 Å². The van der Waals surface area contributed by atoms with Gasteiger partial charge in [-0.1, -0.05) is 73.7 Å². The van der Waals surface area contributed by atoms with Crippen molar-refractivity contribution in [1.29, 1.82) is 0 Å². The van der Waals surface area contributed by atoms with Crippen LogP contribution < -0.4 is 34.5 Å². The van der Waals surface area contributed by atoms with Gasteiger partial charge >= 0.3 is 0 Å². The number of methoxy groups -OCH3 is 2. The summed E-state index contributed by atoms with van der Waals surface area (Å²) in [5.74, 6) is 1.33. The monoisotopic (exact) mass is 966 g/mol. The molecule has 4 heterocycles. The molecule has 14 heteroatoms. The Balaban J connectivity index is 1.05. The first-order valence-corrected chi connectivity index (χ1v) is 27.8. The molecule has 70 heavy (non-hydrogen) atoms. The van der Waals surface area contributed by atoms with Crippen molar-refractivity contribution < 1.29 is 43.5 Å². The quantitative estimate of drug-likeness (QED) is 0.0648. The Kier molecular flexibility index (Phi) is 14.2. The standard InChI is InChI=1S/C56H66N4O9Si/c1-7-68-45-21-24-49-40(29-45)30-48(57-26-10-11-27-61)54(64)60(49)41-16-14-37(15-17-41)33-59-50-25-20-44(67-4)31-47(50)56(55(59)65)36(2)53(70(5,6)46-22-18-43(66-3)19-23-46)51(69-56)32-52(63)58-34-39-13-9-8-12-38(39)28-42(58)35-62/h8-9,12-25,29,31,36,42,48,51,53,57,61-62H,7,10-11,26-28,30,32-35H2,1-6H3/t36-,42-,48?,51+,53-,56+/m0/s1. The van der Waals surface area contributed by atoms with E-state index in [-0.39, 0.29) is 61.4 Å². The maximum absolute atomic E-state index is 15.7. The summed E-state index contributed by atoms with van der Waals surface area (Å²) in [5.41, 5.74) is 5.32. The number of carbonyl (C=O) groups excluding carboxylic acids is 3. The number of aliphatic hydroxyl groups is 2. The molecule has 1 fully saturated rings. The van der Waals surface area contributed by atoms with Gasteiger partial charge in [0.1, 0.15) is 17.2 Å². The molecular formula is C56H66N4O9Si. The molecule has 0 saturated carbocycles. The zero-order valence-electron chi connectivity index (χ0n) is 41.2. The van der Waals surface area contributed by atoms with Gasteiger partial charge in [0.15, 0.2) is 5.60 Å². The molecule has 3 N–H and O–H groups in total. The fourth-order valence-electron chi connectivity index (χ4n) is 11.8. The summed E-state index contributed by atoms with van der Waals surface area (Å²) in [4.78, 5) is 50.2. The lowest BCUT2D eigenvalue weighted by molar-refractivity contribution is -0.151. The highest BCUT2D eigenvalue weighted by Crippen LogP contribution is 2.60. The van der Waals surface area contributed by atoms with Gasteiger partial charge in [-0.25, -0.2) is 0 Å². The Bertz CT molecular complexity index is 2710. The van der Waals surface area contributed by atoms with Crippen molar-refractivity contribution in [2.45, 2.75) is 101 Å². The number of hydrogen-bond donors (Lipinski definition) is 3. The fraction of sp³-hybridized carbons (Fsp3) is 0.411. The largest absolute Gasteiger partial charge is 0.497 e. The molecule has 0 aliphatic carbocycles. The van der Waals surface area contributed by atoms with Crippen molar-refractivity contribution in [3.63, 3.8) is 0 Å². The van der Waals surface area contributed by atoms with E-state index in [9.17, 15) is 19.8 Å². The molecule has 13 nitrogen and oxygen atoms in total. The molecule has 6 atom stereocenters. The highest BCUT2D eigenvalue weighted by atomic mass is 28.3. The summed E-state index contributed by atoms with van der Waals surface area (Å²) in [5, 5.41) is 24.6. The van der Waals surface area contributed by atoms with Crippen molar-refractivity contribution in [1.82, 2.24) is 10.2 Å². The number of carbonyl (C=O) groups is 3. The molecule has 3 amide bonds. The van der Waals surface area contributed by atoms with Crippen LogP contribution in [0.2, 0.25) is 18.6 Å². The van der Waals surface area contributed by atoms with Gasteiger partial charge in [-0.3, -0.25) is 19.3 Å². The van der Waals surface area contributed by atoms with E-state index in [4.69, 9.17) is 18.9 Å². The summed E-state index contributed by atoms with van der Waals surface area (Å²) in [6, 6.07) is 34.7. The number of fused-ring (bicyclic) bond motifs is 4. The van der Waals surface area contributed by atoms with Crippen LogP contribution >= 0.6 is 0 Å². The zero-order valence-corrected chi connectivity index (χ0v) is 42.2. The average molecular weight is 967 g/mol. The van der Waals surface area contributed by atoms with E-state index in [1.807, 2.05) is 97.9 Å². The predicted octanol–water partition coefficient (Wildman–Crippen LogP) is 7.15. The van der Waals surface area contributed by atoms with Crippen molar-refractivity contribution in [3.05, 3.63) is 137 Å². The first-order valence-electron chi connectivity index (χ1n) is 24.7. The minimum atomic E-state index is -2.60. The van der Waals surface area contributed by atoms with Crippen molar-refractivity contribution in [3.8, 4) is 17.2 Å². The molecule has 1 saturated heterocycles. The maximum atomic E-state index is 15.7. The Labute approximate surface area is 412 Å². The zero-order chi connectivity index (χ0) is 49.3. The number of anilines is 3. The molecule has 4 aliphatic heterocycles. The number of nitrogens with one attached hydrogen (secondary N) is 1. The Morgan fingerprint density at radius 3 is 2.23 bits per heavy atom. The van der Waals surface area contributed by atoms with Crippen LogP contribution in [0, 0.1) is 5.92 Å². The van der Waals surface area contributed by atoms with Crippen LogP contribution in [0.4, 0.5) is 17.1 Å². The molecule has 1 unspecified atom stereocenters. The molecule has 0 aromatic heterocycles. The molecule has 1 spiro atoms. The summed E-state index contributed by atoms with van der Waals surface area (Å²) in [6.07, 6.45) is 1.88. The second kappa shape index (κ2) is 20.4. The summed E-state index contributed by atoms with van der Waals surface area (Å²) in [7, 11) is 0.657. The van der Waals surface area contributed by atoms with E-state index in [0.717, 1.165) is 51.0 Å². The lowest BCUT2D eigenvalue weighted by Gasteiger charge is -2.39. The van der Waals surface area contributed by atoms with Gasteiger partial charge in [0.05, 0.1) is 78.0 Å². The van der Waals surface area contributed by atoms with Crippen LogP contribution in [0.15, 0.2) is 109 Å². The third kappa shape index (κ3) is 8.89. The smallest absolute Gasteiger partial charge is 0.264 e. The number of aliphatic hydroxyl groups excluding tert-OH is 2. The summed E-state index contributed by atoms with van der Waals surface area (Å²) < 4.78 is 24.6. The lowest BCUT2D eigenvalue weighted by atomic mass is 9.82. The molecule has 9 rings (SSSR count). The Hall–Kier alpha value is -6.03. The SMILES string of the molecule is CCOc1ccc2c(c1)CC(NCCCCO)C(=O)N2c1ccc(CN2C(=O)[C@]3(O[C@H](CC(=O)N4Cc5ccccc5C[C@H]4CO)[C@@H]([Si](C)(C)c4ccc(OC)cc4)[C@@H]3C)c3cc(OC)ccc32)cc1. The molecule has 368 valence electrons. The van der Waals surface area contributed by atoms with Crippen LogP contribution in [0.25, 0.3) is 0 Å². The minimum Gasteiger partial charge on any atom is -0.497 e. The number of nitrogens with zero attached hydrogens (tertiary/aromatic N) is 3. The predicted molar refractivity (Wildman–Crippen MR) is 273 cm³/mol. The lowest BCUT2D eigenvalue weighted by Crippen LogP contribution is -2.52. The van der Waals surface area contributed by atoms with E-state index in [1.54, 1.807) is 28.9 Å². The minimum absolute atomic E-state index is 0.0420. The molecule has 5 aromatic rings. The fourth-order valence-corrected chi connectivity index (χ4v) is 15.8. The van der Waals surface area contributed by atoms with Crippen LogP contribution in [0.3, 0.4) is 0 Å². The maximum Gasteiger partial charge on any atom is 0.264 e. The van der Waals surface area contributed by atoms with Gasteiger partial charge in [0, 0.05) is 30.3 Å². The van der Waals surface area contributed by atoms with E-state index < -0.39 is 25.8 Å². The molecule has 0 bridgehead atoms. The van der Waals surface area contributed by atoms with E-state index in [2.05, 4.69) is 43.5 Å². The number of benzene rings is 5. The van der Waals surface area contributed by atoms with Crippen LogP contribution in [0.1, 0.15) is 60.9 Å². The normalized spacial score (nSPS) is 22.8. The Morgan fingerprint density at radius 2 is 1.53 bits per heavy atom. The van der Waals surface area contributed by atoms with Gasteiger partial charge < -0.3 is 44.3 Å². The molecule has 0 radical (unpaired) electrons. The second-order valence-electron chi connectivity index (χ2n) is 19.7. The number of amides is 3. The van der Waals surface area contributed by atoms with Crippen LogP contribution in [-0.2, 0) is 50.7 Å². The highest BCUT2D eigenvalue weighted by Gasteiger charge is 2.66. The number of hydrogen-bond acceptors (Lipinski definition) is 10. The third-order valence-corrected chi connectivity index (χ3v) is 19.7. The third-order valence-electron chi connectivity index (χ3n) is 15.4. The summed E-state index contributed by atoms with van der Waals surface area (Å²) >= 11 is 0. The number of ether oxygens (including phenoxy) is 4. The molecule has 5 aromatic carbocycles. The van der Waals surface area contributed by atoms with Gasteiger partial charge in [-0.2, -0.15) is 0 Å². The van der Waals surface area contributed by atoms with Gasteiger partial charge in [0.25, 0.3) is 5.91 Å². The molecule has 4 aliphatic rings. The van der Waals surface area contributed by atoms with Crippen molar-refractivity contribution >= 4 is 48.0 Å². The highest BCUT2D eigenvalue weighted by molar-refractivity contribution is 6.91. The summed E-state index contributed by atoms with van der Waals surface area (Å²) in [6.45, 7) is 10.3. The van der Waals surface area contributed by atoms with Gasteiger partial charge in [0.2, 0.25) is 11.8 Å². The number of unbranched alkanes of at least 4 members (excludes halogenated alkanes) is 1. The topological polar surface area (TPSA) is 150 Å². The number of rotatable bonds is 17. The first-order chi connectivity index (χ1) is 33.9. The average Bonchev–Trinajstić information content (AvgIpc) is 3.80.